The van der Waals surface area contributed by atoms with Crippen LogP contribution in [0.15, 0.2) is 66.7 Å². The lowest BCUT2D eigenvalue weighted by Gasteiger charge is -2.15. The van der Waals surface area contributed by atoms with Crippen LogP contribution in [-0.4, -0.2) is 23.3 Å². The fraction of sp³-hybridized carbons (Fsp3) is 0.0909. The van der Waals surface area contributed by atoms with Crippen LogP contribution < -0.4 is 5.73 Å². The molecule has 134 valence electrons. The predicted molar refractivity (Wildman–Crippen MR) is 107 cm³/mol. The van der Waals surface area contributed by atoms with E-state index in [0.29, 0.717) is 17.1 Å². The molecular formula is C22H17ClN2O2. The lowest BCUT2D eigenvalue weighted by Crippen LogP contribution is -2.30. The van der Waals surface area contributed by atoms with Crippen LogP contribution in [0.5, 0.6) is 0 Å². The van der Waals surface area contributed by atoms with Crippen molar-refractivity contribution >= 4 is 34.2 Å². The molecule has 27 heavy (non-hydrogen) atoms. The molecule has 0 atom stereocenters. The standard InChI is InChI=1S/C22H17ClN2O2/c1-13(21(24)26)11-25-12-20-18(22(25)27)9-6-15-2-3-16(10-19(15)20)14-4-7-17(23)8-5-14/h2-10H,1,11-12H2,(H2,24,26). The Bertz CT molecular complexity index is 1100. The van der Waals surface area contributed by atoms with Crippen LogP contribution in [0.4, 0.5) is 0 Å². The Kier molecular flexibility index (Phi) is 4.21. The van der Waals surface area contributed by atoms with Gasteiger partial charge >= 0.3 is 0 Å². The third-order valence-corrected chi connectivity index (χ3v) is 5.16. The first-order chi connectivity index (χ1) is 12.9. The molecule has 4 nitrogen and oxygen atoms in total. The zero-order chi connectivity index (χ0) is 19.1. The van der Waals surface area contributed by atoms with Gasteiger partial charge in [0, 0.05) is 22.7 Å². The molecule has 3 aromatic rings. The maximum atomic E-state index is 12.7. The molecule has 4 rings (SSSR count). The van der Waals surface area contributed by atoms with Crippen molar-refractivity contribution in [2.75, 3.05) is 6.54 Å². The molecule has 0 aliphatic carbocycles. The van der Waals surface area contributed by atoms with Crippen LogP contribution in [0, 0.1) is 0 Å². The second-order valence-electron chi connectivity index (χ2n) is 6.66. The second kappa shape index (κ2) is 6.56. The third-order valence-electron chi connectivity index (χ3n) is 4.91. The first-order valence-electron chi connectivity index (χ1n) is 8.52. The summed E-state index contributed by atoms with van der Waals surface area (Å²) < 4.78 is 0. The Morgan fingerprint density at radius 2 is 1.74 bits per heavy atom. The number of rotatable bonds is 4. The van der Waals surface area contributed by atoms with E-state index >= 15 is 0 Å². The minimum absolute atomic E-state index is 0.105. The van der Waals surface area contributed by atoms with E-state index in [9.17, 15) is 9.59 Å². The molecule has 0 unspecified atom stereocenters. The van der Waals surface area contributed by atoms with Crippen LogP contribution >= 0.6 is 11.6 Å². The fourth-order valence-corrected chi connectivity index (χ4v) is 3.57. The maximum absolute atomic E-state index is 12.7. The van der Waals surface area contributed by atoms with Crippen LogP contribution in [0.25, 0.3) is 21.9 Å². The first kappa shape index (κ1) is 17.3. The fourth-order valence-electron chi connectivity index (χ4n) is 3.44. The average Bonchev–Trinajstić information content (AvgIpc) is 2.98. The number of primary amides is 1. The topological polar surface area (TPSA) is 63.4 Å². The number of carbonyl (C=O) groups excluding carboxylic acids is 2. The Balaban J connectivity index is 1.76. The number of nitrogens with two attached hydrogens (primary N) is 1. The number of carbonyl (C=O) groups is 2. The lowest BCUT2D eigenvalue weighted by atomic mass is 9.96. The van der Waals surface area contributed by atoms with E-state index in [2.05, 4.69) is 24.8 Å². The van der Waals surface area contributed by atoms with Gasteiger partial charge in [0.1, 0.15) is 0 Å². The Hall–Kier alpha value is -3.11. The van der Waals surface area contributed by atoms with Crippen LogP contribution in [0.3, 0.4) is 0 Å². The van der Waals surface area contributed by atoms with Gasteiger partial charge in [-0.3, -0.25) is 9.59 Å². The van der Waals surface area contributed by atoms with Gasteiger partial charge in [-0.15, -0.1) is 0 Å². The number of fused-ring (bicyclic) bond motifs is 3. The lowest BCUT2D eigenvalue weighted by molar-refractivity contribution is -0.114. The highest BCUT2D eigenvalue weighted by atomic mass is 35.5. The average molecular weight is 377 g/mol. The van der Waals surface area contributed by atoms with Crippen molar-refractivity contribution < 1.29 is 9.59 Å². The van der Waals surface area contributed by atoms with Gasteiger partial charge in [0.05, 0.1) is 6.54 Å². The Morgan fingerprint density at radius 3 is 2.44 bits per heavy atom. The van der Waals surface area contributed by atoms with Crippen molar-refractivity contribution in [3.8, 4) is 11.1 Å². The van der Waals surface area contributed by atoms with E-state index in [0.717, 1.165) is 27.5 Å². The number of benzene rings is 3. The smallest absolute Gasteiger partial charge is 0.254 e. The molecule has 0 saturated heterocycles. The molecule has 0 spiro atoms. The van der Waals surface area contributed by atoms with Crippen molar-refractivity contribution in [2.24, 2.45) is 5.73 Å². The summed E-state index contributed by atoms with van der Waals surface area (Å²) in [6, 6.07) is 17.7. The van der Waals surface area contributed by atoms with Gasteiger partial charge in [-0.25, -0.2) is 0 Å². The summed E-state index contributed by atoms with van der Waals surface area (Å²) >= 11 is 5.98. The quantitative estimate of drug-likeness (QED) is 0.695. The zero-order valence-corrected chi connectivity index (χ0v) is 15.3. The van der Waals surface area contributed by atoms with E-state index in [4.69, 9.17) is 17.3 Å². The monoisotopic (exact) mass is 376 g/mol. The molecule has 0 radical (unpaired) electrons. The second-order valence-corrected chi connectivity index (χ2v) is 7.10. The van der Waals surface area contributed by atoms with Gasteiger partial charge in [0.15, 0.2) is 0 Å². The van der Waals surface area contributed by atoms with Gasteiger partial charge in [-0.1, -0.05) is 48.5 Å². The SMILES string of the molecule is C=C(CN1Cc2c(ccc3ccc(-c4ccc(Cl)cc4)cc23)C1=O)C(N)=O. The van der Waals surface area contributed by atoms with Gasteiger partial charge < -0.3 is 10.6 Å². The molecule has 0 saturated carbocycles. The van der Waals surface area contributed by atoms with Crippen molar-refractivity contribution in [1.82, 2.24) is 4.90 Å². The summed E-state index contributed by atoms with van der Waals surface area (Å²) in [5, 5.41) is 2.78. The normalized spacial score (nSPS) is 13.1. The van der Waals surface area contributed by atoms with Crippen LogP contribution in [0.1, 0.15) is 15.9 Å². The van der Waals surface area contributed by atoms with Crippen LogP contribution in [-0.2, 0) is 11.3 Å². The third kappa shape index (κ3) is 3.09. The minimum atomic E-state index is -0.589. The molecule has 0 bridgehead atoms. The van der Waals surface area contributed by atoms with E-state index in [1.807, 2.05) is 36.4 Å². The van der Waals surface area contributed by atoms with Crippen molar-refractivity contribution in [3.05, 3.63) is 82.9 Å². The first-order valence-corrected chi connectivity index (χ1v) is 8.90. The molecular weight excluding hydrogens is 360 g/mol. The highest BCUT2D eigenvalue weighted by molar-refractivity contribution is 6.30. The molecule has 5 heteroatoms. The maximum Gasteiger partial charge on any atom is 0.254 e. The Labute approximate surface area is 161 Å². The van der Waals surface area contributed by atoms with Gasteiger partial charge in [0.25, 0.3) is 5.91 Å². The van der Waals surface area contributed by atoms with E-state index in [1.165, 1.54) is 0 Å². The summed E-state index contributed by atoms with van der Waals surface area (Å²) in [5.41, 5.74) is 9.23. The molecule has 0 fully saturated rings. The summed E-state index contributed by atoms with van der Waals surface area (Å²) in [7, 11) is 0. The van der Waals surface area contributed by atoms with Crippen molar-refractivity contribution in [1.29, 1.82) is 0 Å². The summed E-state index contributed by atoms with van der Waals surface area (Å²) in [5.74, 6) is -0.695. The van der Waals surface area contributed by atoms with Crippen LogP contribution in [0.2, 0.25) is 5.02 Å². The summed E-state index contributed by atoms with van der Waals surface area (Å²) in [6.07, 6.45) is 0. The molecule has 3 aromatic carbocycles. The number of halogens is 1. The minimum Gasteiger partial charge on any atom is -0.366 e. The molecule has 2 amide bonds. The molecule has 1 aliphatic rings. The summed E-state index contributed by atoms with van der Waals surface area (Å²) in [4.78, 5) is 25.6. The molecule has 1 aliphatic heterocycles. The van der Waals surface area contributed by atoms with Gasteiger partial charge in [-0.2, -0.15) is 0 Å². The summed E-state index contributed by atoms with van der Waals surface area (Å²) in [6.45, 7) is 4.23. The highest BCUT2D eigenvalue weighted by Gasteiger charge is 2.29. The zero-order valence-electron chi connectivity index (χ0n) is 14.5. The Morgan fingerprint density at radius 1 is 1.07 bits per heavy atom. The van der Waals surface area contributed by atoms with E-state index in [-0.39, 0.29) is 18.0 Å². The molecule has 2 N–H and O–H groups in total. The highest BCUT2D eigenvalue weighted by Crippen LogP contribution is 2.33. The van der Waals surface area contributed by atoms with Gasteiger partial charge in [0.2, 0.25) is 5.91 Å². The number of hydrogen-bond acceptors (Lipinski definition) is 2. The number of nitrogens with zero attached hydrogens (tertiary/aromatic N) is 1. The number of hydrogen-bond donors (Lipinski definition) is 1. The number of amides is 2. The van der Waals surface area contributed by atoms with E-state index < -0.39 is 5.91 Å². The van der Waals surface area contributed by atoms with Crippen molar-refractivity contribution in [2.45, 2.75) is 6.54 Å². The molecule has 1 heterocycles. The largest absolute Gasteiger partial charge is 0.366 e. The predicted octanol–water partition coefficient (Wildman–Crippen LogP) is 4.16. The van der Waals surface area contributed by atoms with Gasteiger partial charge in [-0.05, 0) is 51.7 Å². The molecule has 0 aromatic heterocycles. The van der Waals surface area contributed by atoms with Crippen molar-refractivity contribution in [3.63, 3.8) is 0 Å². The van der Waals surface area contributed by atoms with E-state index in [1.54, 1.807) is 4.90 Å².